The SMILES string of the molecule is O=C(O)CCC1CCN(CC(=O)NC(=O)NC2CC2)C1. The fourth-order valence-electron chi connectivity index (χ4n) is 2.44. The van der Waals surface area contributed by atoms with Crippen LogP contribution in [0.2, 0.25) is 0 Å². The molecule has 1 aliphatic carbocycles. The minimum Gasteiger partial charge on any atom is -0.481 e. The van der Waals surface area contributed by atoms with Crippen LogP contribution in [0.3, 0.4) is 0 Å². The number of hydrogen-bond donors (Lipinski definition) is 3. The Labute approximate surface area is 117 Å². The molecule has 3 N–H and O–H groups in total. The Balaban J connectivity index is 1.62. The van der Waals surface area contributed by atoms with Crippen LogP contribution in [0.15, 0.2) is 0 Å². The van der Waals surface area contributed by atoms with Gasteiger partial charge in [0.2, 0.25) is 5.91 Å². The summed E-state index contributed by atoms with van der Waals surface area (Å²) in [6.07, 6.45) is 3.71. The predicted octanol–water partition coefficient (Wildman–Crippen LogP) is 0.161. The largest absolute Gasteiger partial charge is 0.481 e. The number of hydrogen-bond acceptors (Lipinski definition) is 4. The van der Waals surface area contributed by atoms with E-state index >= 15 is 0 Å². The molecule has 7 heteroatoms. The number of aliphatic carboxylic acids is 1. The second-order valence-electron chi connectivity index (χ2n) is 5.62. The summed E-state index contributed by atoms with van der Waals surface area (Å²) in [4.78, 5) is 35.5. The number of carboxylic acid groups (broad SMARTS) is 1. The lowest BCUT2D eigenvalue weighted by Crippen LogP contribution is -2.44. The third-order valence-electron chi connectivity index (χ3n) is 3.67. The van der Waals surface area contributed by atoms with Crippen molar-refractivity contribution in [2.24, 2.45) is 5.92 Å². The summed E-state index contributed by atoms with van der Waals surface area (Å²) >= 11 is 0. The third-order valence-corrected chi connectivity index (χ3v) is 3.67. The molecule has 1 heterocycles. The summed E-state index contributed by atoms with van der Waals surface area (Å²) in [6.45, 7) is 1.70. The highest BCUT2D eigenvalue weighted by molar-refractivity contribution is 5.95. The highest BCUT2D eigenvalue weighted by Crippen LogP contribution is 2.20. The quantitative estimate of drug-likeness (QED) is 0.645. The smallest absolute Gasteiger partial charge is 0.321 e. The van der Waals surface area contributed by atoms with Crippen molar-refractivity contribution in [3.63, 3.8) is 0 Å². The van der Waals surface area contributed by atoms with E-state index in [1.807, 2.05) is 4.90 Å². The Morgan fingerprint density at radius 2 is 1.95 bits per heavy atom. The van der Waals surface area contributed by atoms with Crippen molar-refractivity contribution in [2.75, 3.05) is 19.6 Å². The first-order chi connectivity index (χ1) is 9.52. The number of amides is 3. The van der Waals surface area contributed by atoms with Gasteiger partial charge in [0.05, 0.1) is 6.54 Å². The summed E-state index contributed by atoms with van der Waals surface area (Å²) in [5, 5.41) is 13.7. The van der Waals surface area contributed by atoms with Crippen LogP contribution >= 0.6 is 0 Å². The Kier molecular flexibility index (Phi) is 4.94. The number of nitrogens with zero attached hydrogens (tertiary/aromatic N) is 1. The fraction of sp³-hybridized carbons (Fsp3) is 0.769. The maximum atomic E-state index is 11.7. The lowest BCUT2D eigenvalue weighted by Gasteiger charge is -2.15. The zero-order valence-corrected chi connectivity index (χ0v) is 11.4. The van der Waals surface area contributed by atoms with Gasteiger partial charge in [-0.2, -0.15) is 0 Å². The van der Waals surface area contributed by atoms with Crippen LogP contribution in [0.1, 0.15) is 32.1 Å². The number of carbonyl (C=O) groups is 3. The summed E-state index contributed by atoms with van der Waals surface area (Å²) in [5.74, 6) is -0.751. The number of carbonyl (C=O) groups excluding carboxylic acids is 2. The minimum atomic E-state index is -0.780. The van der Waals surface area contributed by atoms with Crippen LogP contribution in [0.5, 0.6) is 0 Å². The fourth-order valence-corrected chi connectivity index (χ4v) is 2.44. The Hall–Kier alpha value is -1.63. The summed E-state index contributed by atoms with van der Waals surface area (Å²) in [5.41, 5.74) is 0. The van der Waals surface area contributed by atoms with Gasteiger partial charge in [0.15, 0.2) is 0 Å². The molecule has 0 aromatic rings. The van der Waals surface area contributed by atoms with Crippen molar-refractivity contribution in [1.29, 1.82) is 0 Å². The monoisotopic (exact) mass is 283 g/mol. The molecule has 0 radical (unpaired) electrons. The van der Waals surface area contributed by atoms with Crippen molar-refractivity contribution in [2.45, 2.75) is 38.1 Å². The summed E-state index contributed by atoms with van der Waals surface area (Å²) in [7, 11) is 0. The molecule has 0 spiro atoms. The number of likely N-dealkylation sites (tertiary alicyclic amines) is 1. The number of nitrogens with one attached hydrogen (secondary N) is 2. The normalized spacial score (nSPS) is 22.5. The molecule has 20 heavy (non-hydrogen) atoms. The maximum absolute atomic E-state index is 11.7. The van der Waals surface area contributed by atoms with Crippen LogP contribution in [0, 0.1) is 5.92 Å². The van der Waals surface area contributed by atoms with E-state index in [1.54, 1.807) is 0 Å². The van der Waals surface area contributed by atoms with Gasteiger partial charge in [-0.25, -0.2) is 4.79 Å². The molecule has 1 atom stereocenters. The molecule has 1 aliphatic heterocycles. The summed E-state index contributed by atoms with van der Waals surface area (Å²) in [6, 6.07) is -0.186. The highest BCUT2D eigenvalue weighted by atomic mass is 16.4. The van der Waals surface area contributed by atoms with E-state index in [0.717, 1.165) is 32.4 Å². The van der Waals surface area contributed by atoms with Crippen LogP contribution < -0.4 is 10.6 Å². The molecular weight excluding hydrogens is 262 g/mol. The zero-order valence-electron chi connectivity index (χ0n) is 11.4. The molecule has 1 unspecified atom stereocenters. The van der Waals surface area contributed by atoms with E-state index in [9.17, 15) is 14.4 Å². The molecule has 2 aliphatic rings. The Morgan fingerprint density at radius 1 is 1.20 bits per heavy atom. The topological polar surface area (TPSA) is 98.7 Å². The van der Waals surface area contributed by atoms with Gasteiger partial charge in [-0.1, -0.05) is 0 Å². The minimum absolute atomic E-state index is 0.175. The molecule has 2 rings (SSSR count). The van der Waals surface area contributed by atoms with Gasteiger partial charge >= 0.3 is 12.0 Å². The van der Waals surface area contributed by atoms with Gasteiger partial charge in [-0.15, -0.1) is 0 Å². The molecule has 0 aromatic carbocycles. The second-order valence-corrected chi connectivity index (χ2v) is 5.62. The first-order valence-electron chi connectivity index (χ1n) is 7.07. The number of imide groups is 1. The standard InChI is InChI=1S/C13H21N3O4/c17-11(15-13(20)14-10-2-3-10)8-16-6-5-9(7-16)1-4-12(18)19/h9-10H,1-8H2,(H,18,19)(H2,14,15,17,20). The van der Waals surface area contributed by atoms with Gasteiger partial charge in [-0.05, 0) is 38.1 Å². The van der Waals surface area contributed by atoms with E-state index in [-0.39, 0.29) is 24.9 Å². The van der Waals surface area contributed by atoms with E-state index in [4.69, 9.17) is 5.11 Å². The average Bonchev–Trinajstić information content (AvgIpc) is 3.04. The molecule has 0 bridgehead atoms. The molecular formula is C13H21N3O4. The highest BCUT2D eigenvalue weighted by Gasteiger charge is 2.26. The molecule has 112 valence electrons. The second kappa shape index (κ2) is 6.69. The van der Waals surface area contributed by atoms with Gasteiger partial charge in [-0.3, -0.25) is 19.8 Å². The van der Waals surface area contributed by atoms with Crippen LogP contribution in [-0.4, -0.2) is 53.6 Å². The van der Waals surface area contributed by atoms with Gasteiger partial charge in [0.1, 0.15) is 0 Å². The lowest BCUT2D eigenvalue weighted by atomic mass is 10.0. The number of urea groups is 1. The third kappa shape index (κ3) is 5.16. The molecule has 7 nitrogen and oxygen atoms in total. The van der Waals surface area contributed by atoms with Crippen molar-refractivity contribution >= 4 is 17.9 Å². The number of carboxylic acids is 1. The Bertz CT molecular complexity index is 395. The maximum Gasteiger partial charge on any atom is 0.321 e. The van der Waals surface area contributed by atoms with Crippen molar-refractivity contribution in [1.82, 2.24) is 15.5 Å². The van der Waals surface area contributed by atoms with E-state index in [2.05, 4.69) is 10.6 Å². The van der Waals surface area contributed by atoms with Crippen LogP contribution in [-0.2, 0) is 9.59 Å². The molecule has 3 amide bonds. The molecule has 1 saturated carbocycles. The van der Waals surface area contributed by atoms with Crippen molar-refractivity contribution in [3.8, 4) is 0 Å². The van der Waals surface area contributed by atoms with Gasteiger partial charge in [0.25, 0.3) is 0 Å². The molecule has 0 aromatic heterocycles. The van der Waals surface area contributed by atoms with E-state index in [1.165, 1.54) is 0 Å². The predicted molar refractivity (Wildman–Crippen MR) is 71.1 cm³/mol. The van der Waals surface area contributed by atoms with Crippen molar-refractivity contribution in [3.05, 3.63) is 0 Å². The number of rotatable bonds is 6. The first kappa shape index (κ1) is 14.8. The molecule has 2 fully saturated rings. The summed E-state index contributed by atoms with van der Waals surface area (Å²) < 4.78 is 0. The Morgan fingerprint density at radius 3 is 2.60 bits per heavy atom. The van der Waals surface area contributed by atoms with E-state index < -0.39 is 12.0 Å². The zero-order chi connectivity index (χ0) is 14.5. The van der Waals surface area contributed by atoms with Crippen molar-refractivity contribution < 1.29 is 19.5 Å². The van der Waals surface area contributed by atoms with Crippen LogP contribution in [0.4, 0.5) is 4.79 Å². The lowest BCUT2D eigenvalue weighted by molar-refractivity contribution is -0.137. The average molecular weight is 283 g/mol. The molecule has 1 saturated heterocycles. The van der Waals surface area contributed by atoms with E-state index in [0.29, 0.717) is 12.3 Å². The van der Waals surface area contributed by atoms with Gasteiger partial charge < -0.3 is 10.4 Å². The first-order valence-corrected chi connectivity index (χ1v) is 7.07. The van der Waals surface area contributed by atoms with Crippen LogP contribution in [0.25, 0.3) is 0 Å². The van der Waals surface area contributed by atoms with Gasteiger partial charge in [0, 0.05) is 19.0 Å².